The zero-order valence-corrected chi connectivity index (χ0v) is 11.9. The quantitative estimate of drug-likeness (QED) is 0.492. The van der Waals surface area contributed by atoms with E-state index in [-0.39, 0.29) is 12.5 Å². The standard InChI is InChI=1S/C15H20N2O3/c1-3-17(13-6-7-13)15(18)10-20-14-8-4-12(5-9-14)11(2)16-19/h4-5,8-9,13,19H,3,6-7,10H2,1-2H3. The summed E-state index contributed by atoms with van der Waals surface area (Å²) in [6, 6.07) is 7.55. The molecule has 108 valence electrons. The maximum Gasteiger partial charge on any atom is 0.260 e. The molecule has 1 aliphatic carbocycles. The molecule has 1 amide bonds. The van der Waals surface area contributed by atoms with Crippen molar-refractivity contribution in [2.75, 3.05) is 13.2 Å². The van der Waals surface area contributed by atoms with Crippen molar-refractivity contribution in [3.05, 3.63) is 29.8 Å². The number of benzene rings is 1. The highest BCUT2D eigenvalue weighted by atomic mass is 16.5. The molecule has 20 heavy (non-hydrogen) atoms. The maximum absolute atomic E-state index is 12.0. The average Bonchev–Trinajstić information content (AvgIpc) is 3.30. The molecule has 5 heteroatoms. The Labute approximate surface area is 118 Å². The summed E-state index contributed by atoms with van der Waals surface area (Å²) in [6.07, 6.45) is 2.21. The fourth-order valence-electron chi connectivity index (χ4n) is 2.10. The molecule has 2 rings (SSSR count). The lowest BCUT2D eigenvalue weighted by Gasteiger charge is -2.20. The number of hydrogen-bond donors (Lipinski definition) is 1. The first-order valence-electron chi connectivity index (χ1n) is 6.87. The van der Waals surface area contributed by atoms with Gasteiger partial charge in [0.1, 0.15) is 5.75 Å². The molecule has 1 aromatic rings. The van der Waals surface area contributed by atoms with Gasteiger partial charge in [0.15, 0.2) is 6.61 Å². The number of oxime groups is 1. The van der Waals surface area contributed by atoms with Crippen LogP contribution >= 0.6 is 0 Å². The summed E-state index contributed by atoms with van der Waals surface area (Å²) in [6.45, 7) is 4.50. The van der Waals surface area contributed by atoms with Gasteiger partial charge in [-0.2, -0.15) is 0 Å². The Morgan fingerprint density at radius 3 is 2.55 bits per heavy atom. The number of carbonyl (C=O) groups excluding carboxylic acids is 1. The Bertz CT molecular complexity index is 492. The topological polar surface area (TPSA) is 62.1 Å². The molecule has 1 aliphatic rings. The van der Waals surface area contributed by atoms with Gasteiger partial charge in [-0.15, -0.1) is 0 Å². The number of nitrogens with zero attached hydrogens (tertiary/aromatic N) is 2. The van der Waals surface area contributed by atoms with E-state index < -0.39 is 0 Å². The van der Waals surface area contributed by atoms with Crippen LogP contribution in [0, 0.1) is 0 Å². The molecule has 0 saturated heterocycles. The van der Waals surface area contributed by atoms with E-state index in [1.165, 1.54) is 0 Å². The van der Waals surface area contributed by atoms with Gasteiger partial charge in [-0.1, -0.05) is 5.16 Å². The van der Waals surface area contributed by atoms with Crippen molar-refractivity contribution in [3.63, 3.8) is 0 Å². The minimum Gasteiger partial charge on any atom is -0.484 e. The molecule has 0 spiro atoms. The van der Waals surface area contributed by atoms with Gasteiger partial charge in [-0.3, -0.25) is 4.79 Å². The Balaban J connectivity index is 1.88. The third-order valence-corrected chi connectivity index (χ3v) is 3.43. The minimum atomic E-state index is 0.0344. The van der Waals surface area contributed by atoms with Gasteiger partial charge >= 0.3 is 0 Å². The Morgan fingerprint density at radius 2 is 2.05 bits per heavy atom. The first kappa shape index (κ1) is 14.4. The Kier molecular flexibility index (Phi) is 4.61. The highest BCUT2D eigenvalue weighted by Crippen LogP contribution is 2.26. The average molecular weight is 276 g/mol. The largest absolute Gasteiger partial charge is 0.484 e. The molecule has 1 aromatic carbocycles. The van der Waals surface area contributed by atoms with Gasteiger partial charge in [0.2, 0.25) is 0 Å². The van der Waals surface area contributed by atoms with Crippen LogP contribution in [0.2, 0.25) is 0 Å². The molecule has 1 N–H and O–H groups in total. The van der Waals surface area contributed by atoms with Crippen molar-refractivity contribution in [2.24, 2.45) is 5.16 Å². The summed E-state index contributed by atoms with van der Waals surface area (Å²) in [5.41, 5.74) is 1.36. The monoisotopic (exact) mass is 276 g/mol. The van der Waals surface area contributed by atoms with Crippen molar-refractivity contribution in [3.8, 4) is 5.75 Å². The first-order chi connectivity index (χ1) is 9.65. The fraction of sp³-hybridized carbons (Fsp3) is 0.467. The summed E-state index contributed by atoms with van der Waals surface area (Å²) >= 11 is 0. The van der Waals surface area contributed by atoms with Crippen LogP contribution in [0.4, 0.5) is 0 Å². The summed E-state index contributed by atoms with van der Waals surface area (Å²) in [5.74, 6) is 0.673. The number of hydrogen-bond acceptors (Lipinski definition) is 4. The molecule has 1 saturated carbocycles. The van der Waals surface area contributed by atoms with Crippen molar-refractivity contribution in [2.45, 2.75) is 32.7 Å². The molecule has 1 fully saturated rings. The third kappa shape index (κ3) is 3.50. The molecule has 0 atom stereocenters. The lowest BCUT2D eigenvalue weighted by atomic mass is 10.1. The summed E-state index contributed by atoms with van der Waals surface area (Å²) in [4.78, 5) is 13.9. The molecular formula is C15H20N2O3. The second-order valence-corrected chi connectivity index (χ2v) is 4.91. The predicted molar refractivity (Wildman–Crippen MR) is 76.3 cm³/mol. The van der Waals surface area contributed by atoms with Gasteiger partial charge in [-0.25, -0.2) is 0 Å². The lowest BCUT2D eigenvalue weighted by Crippen LogP contribution is -2.36. The summed E-state index contributed by atoms with van der Waals surface area (Å²) in [5, 5.41) is 11.8. The predicted octanol–water partition coefficient (Wildman–Crippen LogP) is 2.27. The molecule has 0 aromatic heterocycles. The van der Waals surface area contributed by atoms with Crippen LogP contribution in [-0.4, -0.2) is 40.9 Å². The van der Waals surface area contributed by atoms with Crippen LogP contribution in [0.1, 0.15) is 32.3 Å². The van der Waals surface area contributed by atoms with E-state index in [9.17, 15) is 4.79 Å². The van der Waals surface area contributed by atoms with Gasteiger partial charge in [0, 0.05) is 12.6 Å². The summed E-state index contributed by atoms with van der Waals surface area (Å²) < 4.78 is 5.50. The molecule has 5 nitrogen and oxygen atoms in total. The van der Waals surface area contributed by atoms with E-state index in [0.717, 1.165) is 24.9 Å². The van der Waals surface area contributed by atoms with Crippen molar-refractivity contribution in [1.29, 1.82) is 0 Å². The van der Waals surface area contributed by atoms with Crippen LogP contribution in [-0.2, 0) is 4.79 Å². The van der Waals surface area contributed by atoms with Crippen molar-refractivity contribution >= 4 is 11.6 Å². The Morgan fingerprint density at radius 1 is 1.40 bits per heavy atom. The SMILES string of the molecule is CCN(C(=O)COc1ccc(C(C)=NO)cc1)C1CC1. The van der Waals surface area contributed by atoms with Crippen LogP contribution in [0.25, 0.3) is 0 Å². The molecule has 0 aliphatic heterocycles. The highest BCUT2D eigenvalue weighted by molar-refractivity contribution is 5.98. The van der Waals surface area contributed by atoms with E-state index in [0.29, 0.717) is 17.5 Å². The van der Waals surface area contributed by atoms with E-state index in [1.54, 1.807) is 31.2 Å². The third-order valence-electron chi connectivity index (χ3n) is 3.43. The number of amides is 1. The van der Waals surface area contributed by atoms with E-state index in [2.05, 4.69) is 5.16 Å². The second-order valence-electron chi connectivity index (χ2n) is 4.91. The number of rotatable bonds is 6. The first-order valence-corrected chi connectivity index (χ1v) is 6.87. The van der Waals surface area contributed by atoms with E-state index >= 15 is 0 Å². The lowest BCUT2D eigenvalue weighted by molar-refractivity contribution is -0.133. The van der Waals surface area contributed by atoms with Crippen LogP contribution < -0.4 is 4.74 Å². The van der Waals surface area contributed by atoms with Crippen LogP contribution in [0.5, 0.6) is 5.75 Å². The Hall–Kier alpha value is -2.04. The molecular weight excluding hydrogens is 256 g/mol. The van der Waals surface area contributed by atoms with Gasteiger partial charge in [-0.05, 0) is 56.5 Å². The zero-order valence-electron chi connectivity index (χ0n) is 11.9. The smallest absolute Gasteiger partial charge is 0.260 e. The minimum absolute atomic E-state index is 0.0344. The van der Waals surface area contributed by atoms with Gasteiger partial charge < -0.3 is 14.8 Å². The second kappa shape index (κ2) is 6.41. The zero-order chi connectivity index (χ0) is 14.5. The van der Waals surface area contributed by atoms with Gasteiger partial charge in [0.05, 0.1) is 5.71 Å². The summed E-state index contributed by atoms with van der Waals surface area (Å²) in [7, 11) is 0. The highest BCUT2D eigenvalue weighted by Gasteiger charge is 2.31. The normalized spacial score (nSPS) is 15.0. The van der Waals surface area contributed by atoms with Crippen LogP contribution in [0.3, 0.4) is 0 Å². The van der Waals surface area contributed by atoms with E-state index in [4.69, 9.17) is 9.94 Å². The fourth-order valence-corrected chi connectivity index (χ4v) is 2.10. The number of likely N-dealkylation sites (N-methyl/N-ethyl adjacent to an activating group) is 1. The number of ether oxygens (including phenoxy) is 1. The molecule has 0 heterocycles. The van der Waals surface area contributed by atoms with Crippen molar-refractivity contribution in [1.82, 2.24) is 4.90 Å². The van der Waals surface area contributed by atoms with Crippen LogP contribution in [0.15, 0.2) is 29.4 Å². The van der Waals surface area contributed by atoms with Gasteiger partial charge in [0.25, 0.3) is 5.91 Å². The van der Waals surface area contributed by atoms with Crippen molar-refractivity contribution < 1.29 is 14.7 Å². The van der Waals surface area contributed by atoms with E-state index in [1.807, 2.05) is 11.8 Å². The maximum atomic E-state index is 12.0. The molecule has 0 radical (unpaired) electrons. The molecule has 0 unspecified atom stereocenters. The molecule has 0 bridgehead atoms. The number of carbonyl (C=O) groups is 1.